The lowest BCUT2D eigenvalue weighted by Gasteiger charge is -2.34. The summed E-state index contributed by atoms with van der Waals surface area (Å²) in [5, 5.41) is 3.36. The zero-order valence-electron chi connectivity index (χ0n) is 15.0. The van der Waals surface area contributed by atoms with Crippen molar-refractivity contribution in [2.45, 2.75) is 78.3 Å². The highest BCUT2D eigenvalue weighted by molar-refractivity contribution is 5.80. The molecule has 0 amide bonds. The van der Waals surface area contributed by atoms with Gasteiger partial charge in [-0.3, -0.25) is 4.79 Å². The predicted octanol–water partition coefficient (Wildman–Crippen LogP) is 3.21. The number of ether oxygens (including phenoxy) is 1. The zero-order valence-corrected chi connectivity index (χ0v) is 15.0. The fraction of sp³-hybridized carbons (Fsp3) is 0.941. The van der Waals surface area contributed by atoms with Gasteiger partial charge in [-0.1, -0.05) is 27.2 Å². The highest BCUT2D eigenvalue weighted by Gasteiger charge is 2.34. The molecule has 21 heavy (non-hydrogen) atoms. The summed E-state index contributed by atoms with van der Waals surface area (Å²) in [4.78, 5) is 14.6. The molecule has 0 spiro atoms. The maximum absolute atomic E-state index is 12.1. The molecule has 0 saturated carbocycles. The molecule has 0 aromatic heterocycles. The third-order valence-corrected chi connectivity index (χ3v) is 4.31. The Balaban J connectivity index is 4.69. The average molecular weight is 300 g/mol. The van der Waals surface area contributed by atoms with E-state index in [0.29, 0.717) is 6.04 Å². The van der Waals surface area contributed by atoms with Crippen LogP contribution < -0.4 is 5.32 Å². The van der Waals surface area contributed by atoms with Crippen LogP contribution in [0.5, 0.6) is 0 Å². The van der Waals surface area contributed by atoms with Gasteiger partial charge in [0.1, 0.15) is 5.54 Å². The van der Waals surface area contributed by atoms with Crippen molar-refractivity contribution in [2.75, 3.05) is 26.7 Å². The topological polar surface area (TPSA) is 41.6 Å². The van der Waals surface area contributed by atoms with Crippen molar-refractivity contribution in [1.82, 2.24) is 10.2 Å². The Hall–Kier alpha value is -0.610. The minimum Gasteiger partial charge on any atom is -0.468 e. The van der Waals surface area contributed by atoms with Gasteiger partial charge in [-0.05, 0) is 52.6 Å². The van der Waals surface area contributed by atoms with Gasteiger partial charge in [-0.15, -0.1) is 0 Å². The molecular formula is C17H36N2O2. The van der Waals surface area contributed by atoms with Gasteiger partial charge < -0.3 is 15.0 Å². The van der Waals surface area contributed by atoms with Crippen LogP contribution in [0.2, 0.25) is 0 Å². The Bertz CT molecular complexity index is 284. The van der Waals surface area contributed by atoms with E-state index in [1.165, 1.54) is 20.0 Å². The molecule has 2 unspecified atom stereocenters. The molecule has 0 bridgehead atoms. The van der Waals surface area contributed by atoms with E-state index in [9.17, 15) is 4.79 Å². The molecule has 0 aliphatic carbocycles. The lowest BCUT2D eigenvalue weighted by molar-refractivity contribution is -0.148. The minimum atomic E-state index is -0.581. The molecule has 0 saturated heterocycles. The second-order valence-corrected chi connectivity index (χ2v) is 6.15. The lowest BCUT2D eigenvalue weighted by atomic mass is 9.96. The van der Waals surface area contributed by atoms with Crippen LogP contribution in [0.4, 0.5) is 0 Å². The van der Waals surface area contributed by atoms with Crippen LogP contribution in [0.1, 0.15) is 66.7 Å². The van der Waals surface area contributed by atoms with Gasteiger partial charge in [0.15, 0.2) is 0 Å². The van der Waals surface area contributed by atoms with Crippen molar-refractivity contribution in [3.05, 3.63) is 0 Å². The van der Waals surface area contributed by atoms with Crippen molar-refractivity contribution < 1.29 is 9.53 Å². The van der Waals surface area contributed by atoms with E-state index in [2.05, 4.69) is 37.9 Å². The molecule has 4 nitrogen and oxygen atoms in total. The molecular weight excluding hydrogens is 264 g/mol. The van der Waals surface area contributed by atoms with Crippen molar-refractivity contribution in [3.8, 4) is 0 Å². The third kappa shape index (κ3) is 7.28. The maximum Gasteiger partial charge on any atom is 0.325 e. The van der Waals surface area contributed by atoms with E-state index >= 15 is 0 Å². The van der Waals surface area contributed by atoms with Gasteiger partial charge in [0, 0.05) is 12.6 Å². The Morgan fingerprint density at radius 1 is 1.24 bits per heavy atom. The third-order valence-electron chi connectivity index (χ3n) is 4.31. The smallest absolute Gasteiger partial charge is 0.325 e. The van der Waals surface area contributed by atoms with Crippen LogP contribution in [0, 0.1) is 0 Å². The normalized spacial score (nSPS) is 15.8. The molecule has 2 atom stereocenters. The fourth-order valence-corrected chi connectivity index (χ4v) is 2.43. The summed E-state index contributed by atoms with van der Waals surface area (Å²) < 4.78 is 4.99. The summed E-state index contributed by atoms with van der Waals surface area (Å²) in [5.74, 6) is -0.157. The van der Waals surface area contributed by atoms with E-state index in [1.807, 2.05) is 6.92 Å². The monoisotopic (exact) mass is 300 g/mol. The van der Waals surface area contributed by atoms with Crippen LogP contribution in [0.3, 0.4) is 0 Å². The number of esters is 1. The molecule has 1 N–H and O–H groups in total. The Morgan fingerprint density at radius 3 is 2.38 bits per heavy atom. The van der Waals surface area contributed by atoms with Gasteiger partial charge in [0.25, 0.3) is 0 Å². The van der Waals surface area contributed by atoms with Gasteiger partial charge in [0.2, 0.25) is 0 Å². The first-order valence-corrected chi connectivity index (χ1v) is 8.52. The highest BCUT2D eigenvalue weighted by atomic mass is 16.5. The minimum absolute atomic E-state index is 0.157. The first-order valence-electron chi connectivity index (χ1n) is 8.52. The number of nitrogens with zero attached hydrogens (tertiary/aromatic N) is 1. The number of carbonyl (C=O) groups excluding carboxylic acids is 1. The van der Waals surface area contributed by atoms with Crippen LogP contribution in [-0.4, -0.2) is 49.2 Å². The number of hydrogen-bond donors (Lipinski definition) is 1. The fourth-order valence-electron chi connectivity index (χ4n) is 2.43. The first-order chi connectivity index (χ1) is 9.95. The summed E-state index contributed by atoms with van der Waals surface area (Å²) in [6, 6.07) is 0.560. The van der Waals surface area contributed by atoms with Gasteiger partial charge in [-0.2, -0.15) is 0 Å². The Kier molecular flexibility index (Phi) is 10.7. The Labute approximate surface area is 131 Å². The number of unbranched alkanes of at least 4 members (excludes halogenated alkanes) is 1. The van der Waals surface area contributed by atoms with Crippen LogP contribution in [0.25, 0.3) is 0 Å². The standard InChI is InChI=1S/C17H36N2O2/c1-7-10-13-19(15(4)9-3)14-11-17(5,16(20)21-6)18-12-8-2/h15,18H,7-14H2,1-6H3. The van der Waals surface area contributed by atoms with Crippen molar-refractivity contribution in [3.63, 3.8) is 0 Å². The maximum atomic E-state index is 12.1. The second kappa shape index (κ2) is 11.0. The van der Waals surface area contributed by atoms with E-state index < -0.39 is 5.54 Å². The van der Waals surface area contributed by atoms with Gasteiger partial charge in [0.05, 0.1) is 7.11 Å². The van der Waals surface area contributed by atoms with Crippen LogP contribution in [-0.2, 0) is 9.53 Å². The molecule has 0 aliphatic rings. The largest absolute Gasteiger partial charge is 0.468 e. The molecule has 0 aromatic carbocycles. The number of carbonyl (C=O) groups is 1. The van der Waals surface area contributed by atoms with E-state index in [1.54, 1.807) is 0 Å². The van der Waals surface area contributed by atoms with Crippen molar-refractivity contribution >= 4 is 5.97 Å². The SMILES string of the molecule is CCCCN(CCC(C)(NCCC)C(=O)OC)C(C)CC. The highest BCUT2D eigenvalue weighted by Crippen LogP contribution is 2.16. The average Bonchev–Trinajstić information content (AvgIpc) is 2.51. The van der Waals surface area contributed by atoms with Crippen molar-refractivity contribution in [2.24, 2.45) is 0 Å². The molecule has 0 fully saturated rings. The number of nitrogens with one attached hydrogen (secondary N) is 1. The van der Waals surface area contributed by atoms with Gasteiger partial charge >= 0.3 is 5.97 Å². The van der Waals surface area contributed by atoms with E-state index in [4.69, 9.17) is 4.74 Å². The first kappa shape index (κ1) is 20.4. The second-order valence-electron chi connectivity index (χ2n) is 6.15. The molecule has 126 valence electrons. The van der Waals surface area contributed by atoms with E-state index in [-0.39, 0.29) is 5.97 Å². The van der Waals surface area contributed by atoms with Gasteiger partial charge in [-0.25, -0.2) is 0 Å². The molecule has 0 aromatic rings. The molecule has 0 aliphatic heterocycles. The number of methoxy groups -OCH3 is 1. The van der Waals surface area contributed by atoms with Crippen LogP contribution >= 0.6 is 0 Å². The summed E-state index contributed by atoms with van der Waals surface area (Å²) in [6.45, 7) is 13.7. The predicted molar refractivity (Wildman–Crippen MR) is 89.6 cm³/mol. The van der Waals surface area contributed by atoms with Crippen LogP contribution in [0.15, 0.2) is 0 Å². The quantitative estimate of drug-likeness (QED) is 0.562. The number of rotatable bonds is 12. The lowest BCUT2D eigenvalue weighted by Crippen LogP contribution is -2.52. The number of hydrogen-bond acceptors (Lipinski definition) is 4. The molecule has 0 heterocycles. The molecule has 0 radical (unpaired) electrons. The summed E-state index contributed by atoms with van der Waals surface area (Å²) in [5.41, 5.74) is -0.581. The molecule has 0 rings (SSSR count). The summed E-state index contributed by atoms with van der Waals surface area (Å²) >= 11 is 0. The summed E-state index contributed by atoms with van der Waals surface area (Å²) in [7, 11) is 1.47. The zero-order chi connectivity index (χ0) is 16.3. The Morgan fingerprint density at radius 2 is 1.90 bits per heavy atom. The van der Waals surface area contributed by atoms with Crippen molar-refractivity contribution in [1.29, 1.82) is 0 Å². The molecule has 4 heteroatoms. The van der Waals surface area contributed by atoms with E-state index in [0.717, 1.165) is 38.9 Å². The summed E-state index contributed by atoms with van der Waals surface area (Å²) in [6.07, 6.45) is 5.35.